The Morgan fingerprint density at radius 3 is 2.24 bits per heavy atom. The molecule has 0 unspecified atom stereocenters. The third kappa shape index (κ3) is 2.02. The summed E-state index contributed by atoms with van der Waals surface area (Å²) < 4.78 is 3.67. The summed E-state index contributed by atoms with van der Waals surface area (Å²) in [6.07, 6.45) is 0. The van der Waals surface area contributed by atoms with Gasteiger partial charge in [-0.25, -0.2) is 9.59 Å². The van der Waals surface area contributed by atoms with E-state index in [9.17, 15) is 9.59 Å². The average molecular weight is 249 g/mol. The van der Waals surface area contributed by atoms with Crippen molar-refractivity contribution >= 4 is 23.5 Å². The van der Waals surface area contributed by atoms with Crippen LogP contribution in [0.3, 0.4) is 0 Å². The lowest BCUT2D eigenvalue weighted by Crippen LogP contribution is -2.07. The fourth-order valence-electron chi connectivity index (χ4n) is 1.42. The number of carboxylic acids is 2. The fourth-order valence-corrected chi connectivity index (χ4v) is 2.29. The molecule has 17 heavy (non-hydrogen) atoms. The maximum Gasteiger partial charge on any atom is 0.356 e. The van der Waals surface area contributed by atoms with E-state index in [1.807, 2.05) is 0 Å². The first-order chi connectivity index (χ1) is 8.11. The molecule has 2 rings (SSSR count). The van der Waals surface area contributed by atoms with Gasteiger partial charge in [-0.2, -0.15) is 4.37 Å². The Morgan fingerprint density at radius 2 is 1.71 bits per heavy atom. The summed E-state index contributed by atoms with van der Waals surface area (Å²) in [7, 11) is 0. The molecule has 0 radical (unpaired) electrons. The highest BCUT2D eigenvalue weighted by Crippen LogP contribution is 2.30. The highest BCUT2D eigenvalue weighted by molar-refractivity contribution is 7.10. The van der Waals surface area contributed by atoms with Crippen LogP contribution < -0.4 is 0 Å². The Kier molecular flexibility index (Phi) is 2.88. The smallest absolute Gasteiger partial charge is 0.356 e. The van der Waals surface area contributed by atoms with Gasteiger partial charge in [0, 0.05) is 0 Å². The van der Waals surface area contributed by atoms with Gasteiger partial charge < -0.3 is 10.2 Å². The maximum absolute atomic E-state index is 11.1. The van der Waals surface area contributed by atoms with Gasteiger partial charge in [0.25, 0.3) is 0 Å². The molecule has 5 nitrogen and oxygen atoms in total. The second-order valence-electron chi connectivity index (χ2n) is 3.21. The number of carboxylic acid groups (broad SMARTS) is 2. The van der Waals surface area contributed by atoms with Crippen molar-refractivity contribution in [3.8, 4) is 10.4 Å². The van der Waals surface area contributed by atoms with Crippen molar-refractivity contribution in [2.24, 2.45) is 0 Å². The van der Waals surface area contributed by atoms with Crippen LogP contribution in [0, 0.1) is 0 Å². The van der Waals surface area contributed by atoms with Crippen LogP contribution in [0.1, 0.15) is 20.8 Å². The molecular formula is C11H7NO4S. The Bertz CT molecular complexity index is 576. The van der Waals surface area contributed by atoms with Gasteiger partial charge in [-0.3, -0.25) is 0 Å². The molecule has 0 atom stereocenters. The molecule has 1 aromatic heterocycles. The van der Waals surface area contributed by atoms with Crippen molar-refractivity contribution in [2.75, 3.05) is 0 Å². The van der Waals surface area contributed by atoms with Gasteiger partial charge in [0.2, 0.25) is 0 Å². The van der Waals surface area contributed by atoms with Crippen LogP contribution in [0.4, 0.5) is 0 Å². The molecule has 0 bridgehead atoms. The highest BCUT2D eigenvalue weighted by Gasteiger charge is 2.25. The molecule has 1 aromatic carbocycles. The van der Waals surface area contributed by atoms with Gasteiger partial charge in [0.05, 0.1) is 4.88 Å². The fraction of sp³-hybridized carbons (Fsp3) is 0. The summed E-state index contributed by atoms with van der Waals surface area (Å²) in [6, 6.07) is 8.72. The Hall–Kier alpha value is -2.21. The van der Waals surface area contributed by atoms with Gasteiger partial charge in [-0.15, -0.1) is 0 Å². The van der Waals surface area contributed by atoms with Gasteiger partial charge >= 0.3 is 11.9 Å². The van der Waals surface area contributed by atoms with Crippen molar-refractivity contribution in [2.45, 2.75) is 0 Å². The van der Waals surface area contributed by atoms with Crippen molar-refractivity contribution in [3.05, 3.63) is 41.6 Å². The first kappa shape index (κ1) is 11.3. The number of rotatable bonds is 3. The summed E-state index contributed by atoms with van der Waals surface area (Å²) in [5.41, 5.74) is -0.0232. The van der Waals surface area contributed by atoms with Crippen molar-refractivity contribution in [3.63, 3.8) is 0 Å². The molecule has 6 heteroatoms. The summed E-state index contributed by atoms with van der Waals surface area (Å²) in [6.45, 7) is 0. The second-order valence-corrected chi connectivity index (χ2v) is 3.99. The third-order valence-corrected chi connectivity index (χ3v) is 3.04. The van der Waals surface area contributed by atoms with Crippen LogP contribution in [0.5, 0.6) is 0 Å². The van der Waals surface area contributed by atoms with Crippen LogP contribution >= 0.6 is 11.5 Å². The molecule has 2 aromatic rings. The average Bonchev–Trinajstić information content (AvgIpc) is 2.74. The number of aromatic carboxylic acids is 2. The third-order valence-electron chi connectivity index (χ3n) is 2.14. The van der Waals surface area contributed by atoms with Crippen LogP contribution in [0.2, 0.25) is 0 Å². The van der Waals surface area contributed by atoms with E-state index in [0.29, 0.717) is 10.4 Å². The summed E-state index contributed by atoms with van der Waals surface area (Å²) in [5, 5.41) is 17.9. The van der Waals surface area contributed by atoms with E-state index in [4.69, 9.17) is 10.2 Å². The van der Waals surface area contributed by atoms with Gasteiger partial charge in [0.1, 0.15) is 5.56 Å². The summed E-state index contributed by atoms with van der Waals surface area (Å²) in [5.74, 6) is -2.61. The second kappa shape index (κ2) is 4.34. The van der Waals surface area contributed by atoms with Crippen molar-refractivity contribution < 1.29 is 19.8 Å². The lowest BCUT2D eigenvalue weighted by atomic mass is 10.1. The molecule has 2 N–H and O–H groups in total. The number of carbonyl (C=O) groups is 2. The molecule has 0 aliphatic rings. The van der Waals surface area contributed by atoms with Crippen molar-refractivity contribution in [1.82, 2.24) is 4.37 Å². The standard InChI is InChI=1S/C11H7NO4S/c13-10(14)7-8(11(15)16)12-17-9(7)6-4-2-1-3-5-6/h1-5H,(H,13,14)(H,15,16). The largest absolute Gasteiger partial charge is 0.478 e. The van der Waals surface area contributed by atoms with E-state index < -0.39 is 17.6 Å². The molecular weight excluding hydrogens is 242 g/mol. The molecule has 1 heterocycles. The molecule has 0 amide bonds. The zero-order chi connectivity index (χ0) is 12.4. The van der Waals surface area contributed by atoms with E-state index >= 15 is 0 Å². The number of hydrogen-bond acceptors (Lipinski definition) is 4. The minimum Gasteiger partial charge on any atom is -0.478 e. The predicted octanol–water partition coefficient (Wildman–Crippen LogP) is 2.21. The molecule has 0 aliphatic heterocycles. The monoisotopic (exact) mass is 249 g/mol. The Balaban J connectivity index is 2.64. The maximum atomic E-state index is 11.1. The van der Waals surface area contributed by atoms with Crippen LogP contribution in [-0.2, 0) is 0 Å². The molecule has 0 saturated carbocycles. The molecule has 0 saturated heterocycles. The Morgan fingerprint density at radius 1 is 1.06 bits per heavy atom. The van der Waals surface area contributed by atoms with Gasteiger partial charge in [0.15, 0.2) is 5.69 Å². The predicted molar refractivity (Wildman–Crippen MR) is 61.5 cm³/mol. The van der Waals surface area contributed by atoms with Crippen molar-refractivity contribution in [1.29, 1.82) is 0 Å². The van der Waals surface area contributed by atoms with Gasteiger partial charge in [-0.1, -0.05) is 30.3 Å². The topological polar surface area (TPSA) is 87.5 Å². The van der Waals surface area contributed by atoms with E-state index in [-0.39, 0.29) is 5.56 Å². The van der Waals surface area contributed by atoms with E-state index in [0.717, 1.165) is 11.5 Å². The number of benzene rings is 1. The van der Waals surface area contributed by atoms with E-state index in [2.05, 4.69) is 4.37 Å². The van der Waals surface area contributed by atoms with E-state index in [1.54, 1.807) is 30.3 Å². The quantitative estimate of drug-likeness (QED) is 0.870. The van der Waals surface area contributed by atoms with Gasteiger partial charge in [-0.05, 0) is 17.1 Å². The Labute approximate surface area is 100 Å². The summed E-state index contributed by atoms with van der Waals surface area (Å²) >= 11 is 0.874. The number of nitrogens with zero attached hydrogens (tertiary/aromatic N) is 1. The lowest BCUT2D eigenvalue weighted by Gasteiger charge is -1.99. The zero-order valence-electron chi connectivity index (χ0n) is 8.45. The molecule has 0 spiro atoms. The number of aromatic nitrogens is 1. The SMILES string of the molecule is O=C(O)c1nsc(-c2ccccc2)c1C(=O)O. The minimum atomic E-state index is -1.33. The zero-order valence-corrected chi connectivity index (χ0v) is 9.27. The lowest BCUT2D eigenvalue weighted by molar-refractivity contribution is 0.0649. The normalized spacial score (nSPS) is 10.1. The first-order valence-electron chi connectivity index (χ1n) is 4.63. The van der Waals surface area contributed by atoms with E-state index in [1.165, 1.54) is 0 Å². The van der Waals surface area contributed by atoms with Crippen LogP contribution in [-0.4, -0.2) is 26.5 Å². The first-order valence-corrected chi connectivity index (χ1v) is 5.40. The van der Waals surface area contributed by atoms with Crippen LogP contribution in [0.25, 0.3) is 10.4 Å². The summed E-state index contributed by atoms with van der Waals surface area (Å²) in [4.78, 5) is 22.3. The van der Waals surface area contributed by atoms with Crippen LogP contribution in [0.15, 0.2) is 30.3 Å². The number of hydrogen-bond donors (Lipinski definition) is 2. The highest BCUT2D eigenvalue weighted by atomic mass is 32.1. The molecule has 0 aliphatic carbocycles. The molecule has 0 fully saturated rings. The minimum absolute atomic E-state index is 0.256. The molecule has 86 valence electrons.